The van der Waals surface area contributed by atoms with Crippen LogP contribution < -0.4 is 5.32 Å². The summed E-state index contributed by atoms with van der Waals surface area (Å²) in [4.78, 5) is 38.1. The van der Waals surface area contributed by atoms with E-state index in [1.165, 1.54) is 6.92 Å². The van der Waals surface area contributed by atoms with E-state index in [1.807, 2.05) is 0 Å². The molecule has 2 heterocycles. The van der Waals surface area contributed by atoms with E-state index in [0.29, 0.717) is 37.1 Å². The number of esters is 1. The molecule has 0 bridgehead atoms. The van der Waals surface area contributed by atoms with Crippen molar-refractivity contribution in [3.05, 3.63) is 11.1 Å². The lowest BCUT2D eigenvalue weighted by Crippen LogP contribution is -2.50. The van der Waals surface area contributed by atoms with Gasteiger partial charge in [-0.1, -0.05) is 12.8 Å². The second-order valence-electron chi connectivity index (χ2n) is 6.84. The fourth-order valence-corrected chi connectivity index (χ4v) is 3.99. The Hall–Kier alpha value is -1.85. The van der Waals surface area contributed by atoms with Gasteiger partial charge in [-0.3, -0.25) is 9.59 Å². The molecule has 2 amide bonds. The molecule has 1 saturated heterocycles. The molecule has 1 spiro atoms. The number of likely N-dealkylation sites (tertiary alicyclic amines) is 1. The molecular weight excluding hydrogens is 296 g/mol. The van der Waals surface area contributed by atoms with Gasteiger partial charge in [-0.25, -0.2) is 4.79 Å². The first-order chi connectivity index (χ1) is 10.9. The summed E-state index contributed by atoms with van der Waals surface area (Å²) in [7, 11) is 0. The number of nitrogens with one attached hydrogen (secondary N) is 1. The molecule has 6 nitrogen and oxygen atoms in total. The summed E-state index contributed by atoms with van der Waals surface area (Å²) in [6.45, 7) is 4.22. The molecular formula is C17H24N2O4. The Bertz CT molecular complexity index is 567. The molecule has 0 aromatic heterocycles. The average Bonchev–Trinajstić information content (AvgIpc) is 3.07. The minimum Gasteiger partial charge on any atom is -0.450 e. The molecule has 0 unspecified atom stereocenters. The van der Waals surface area contributed by atoms with Gasteiger partial charge in [0.1, 0.15) is 5.60 Å². The molecule has 1 aliphatic carbocycles. The maximum atomic E-state index is 12.8. The number of carbonyl (C=O) groups excluding carboxylic acids is 3. The van der Waals surface area contributed by atoms with Crippen molar-refractivity contribution in [2.45, 2.75) is 64.0 Å². The third kappa shape index (κ3) is 2.86. The van der Waals surface area contributed by atoms with Gasteiger partial charge in [0, 0.05) is 44.5 Å². The van der Waals surface area contributed by atoms with E-state index in [0.717, 1.165) is 25.7 Å². The van der Waals surface area contributed by atoms with Gasteiger partial charge in [0.2, 0.25) is 5.91 Å². The third-order valence-corrected chi connectivity index (χ3v) is 5.36. The Labute approximate surface area is 136 Å². The first kappa shape index (κ1) is 16.0. The highest BCUT2D eigenvalue weighted by molar-refractivity contribution is 6.07. The predicted octanol–water partition coefficient (Wildman–Crippen LogP) is 1.30. The lowest BCUT2D eigenvalue weighted by atomic mass is 9.82. The van der Waals surface area contributed by atoms with Crippen molar-refractivity contribution in [2.24, 2.45) is 0 Å². The highest BCUT2D eigenvalue weighted by Gasteiger charge is 2.51. The Morgan fingerprint density at radius 2 is 1.83 bits per heavy atom. The van der Waals surface area contributed by atoms with Crippen LogP contribution in [0.15, 0.2) is 11.1 Å². The number of hydrogen-bond acceptors (Lipinski definition) is 4. The quantitative estimate of drug-likeness (QED) is 0.778. The van der Waals surface area contributed by atoms with Crippen molar-refractivity contribution in [3.8, 4) is 0 Å². The summed E-state index contributed by atoms with van der Waals surface area (Å²) < 4.78 is 5.62. The summed E-state index contributed by atoms with van der Waals surface area (Å²) in [6.07, 6.45) is 5.25. The van der Waals surface area contributed by atoms with Crippen LogP contribution in [0, 0.1) is 0 Å². The zero-order valence-corrected chi connectivity index (χ0v) is 13.8. The van der Waals surface area contributed by atoms with E-state index < -0.39 is 11.6 Å². The number of piperidine rings is 1. The smallest absolute Gasteiger partial charge is 0.335 e. The Balaban J connectivity index is 1.79. The molecule has 2 aliphatic heterocycles. The summed E-state index contributed by atoms with van der Waals surface area (Å²) in [5.74, 6) is -0.559. The lowest BCUT2D eigenvalue weighted by molar-refractivity contribution is -0.152. The van der Waals surface area contributed by atoms with E-state index >= 15 is 0 Å². The fourth-order valence-electron chi connectivity index (χ4n) is 3.99. The summed E-state index contributed by atoms with van der Waals surface area (Å²) in [5, 5.41) is 3.07. The normalized spacial score (nSPS) is 24.3. The lowest BCUT2D eigenvalue weighted by Gasteiger charge is -2.39. The molecule has 2 fully saturated rings. The van der Waals surface area contributed by atoms with E-state index in [9.17, 15) is 14.4 Å². The molecule has 1 saturated carbocycles. The predicted molar refractivity (Wildman–Crippen MR) is 83.4 cm³/mol. The van der Waals surface area contributed by atoms with Crippen LogP contribution in [-0.2, 0) is 19.1 Å². The molecule has 126 valence electrons. The van der Waals surface area contributed by atoms with Crippen LogP contribution in [0.2, 0.25) is 0 Å². The fraction of sp³-hybridized carbons (Fsp3) is 0.706. The van der Waals surface area contributed by atoms with Gasteiger partial charge in [-0.05, 0) is 19.8 Å². The third-order valence-electron chi connectivity index (χ3n) is 5.36. The Kier molecular flexibility index (Phi) is 4.17. The molecule has 3 rings (SSSR count). The maximum Gasteiger partial charge on any atom is 0.335 e. The first-order valence-electron chi connectivity index (χ1n) is 8.44. The average molecular weight is 320 g/mol. The van der Waals surface area contributed by atoms with Crippen LogP contribution in [0.3, 0.4) is 0 Å². The minimum absolute atomic E-state index is 0.0156. The second-order valence-corrected chi connectivity index (χ2v) is 6.84. The van der Waals surface area contributed by atoms with E-state index in [-0.39, 0.29) is 17.9 Å². The largest absolute Gasteiger partial charge is 0.450 e. The van der Waals surface area contributed by atoms with Gasteiger partial charge in [-0.15, -0.1) is 0 Å². The minimum atomic E-state index is -0.851. The first-order valence-corrected chi connectivity index (χ1v) is 8.44. The van der Waals surface area contributed by atoms with Crippen molar-refractivity contribution in [1.82, 2.24) is 10.2 Å². The van der Waals surface area contributed by atoms with Crippen LogP contribution >= 0.6 is 0 Å². The molecule has 1 N–H and O–H groups in total. The van der Waals surface area contributed by atoms with Crippen LogP contribution in [0.5, 0.6) is 0 Å². The molecule has 0 atom stereocenters. The van der Waals surface area contributed by atoms with Gasteiger partial charge < -0.3 is 15.0 Å². The highest BCUT2D eigenvalue weighted by atomic mass is 16.6. The van der Waals surface area contributed by atoms with Crippen LogP contribution in [0.25, 0.3) is 0 Å². The van der Waals surface area contributed by atoms with Gasteiger partial charge in [0.25, 0.3) is 5.91 Å². The van der Waals surface area contributed by atoms with Gasteiger partial charge >= 0.3 is 5.97 Å². The van der Waals surface area contributed by atoms with Crippen LogP contribution in [0.4, 0.5) is 0 Å². The summed E-state index contributed by atoms with van der Waals surface area (Å²) in [6, 6.07) is 0.202. The van der Waals surface area contributed by atoms with Crippen molar-refractivity contribution in [2.75, 3.05) is 13.1 Å². The van der Waals surface area contributed by atoms with Crippen molar-refractivity contribution in [3.63, 3.8) is 0 Å². The van der Waals surface area contributed by atoms with E-state index in [1.54, 1.807) is 11.8 Å². The molecule has 0 aromatic carbocycles. The molecule has 0 aromatic rings. The van der Waals surface area contributed by atoms with Crippen molar-refractivity contribution < 1.29 is 19.1 Å². The van der Waals surface area contributed by atoms with Gasteiger partial charge in [0.15, 0.2) is 0 Å². The summed E-state index contributed by atoms with van der Waals surface area (Å²) >= 11 is 0. The number of carbonyl (C=O) groups is 3. The zero-order chi connectivity index (χ0) is 16.6. The standard InChI is InChI=1S/C17H24N2O4/c1-11-14(15(21)18-13-5-3-4-6-13)17(23-16(11)22)7-9-19(10-8-17)12(2)20/h13H,3-10H2,1-2H3,(H,18,21). The van der Waals surface area contributed by atoms with Crippen molar-refractivity contribution >= 4 is 17.8 Å². The second kappa shape index (κ2) is 5.98. The molecule has 0 radical (unpaired) electrons. The highest BCUT2D eigenvalue weighted by Crippen LogP contribution is 2.41. The van der Waals surface area contributed by atoms with E-state index in [4.69, 9.17) is 4.74 Å². The van der Waals surface area contributed by atoms with Crippen LogP contribution in [-0.4, -0.2) is 47.4 Å². The molecule has 3 aliphatic rings. The number of amides is 2. The van der Waals surface area contributed by atoms with Crippen LogP contribution in [0.1, 0.15) is 52.4 Å². The Morgan fingerprint density at radius 1 is 1.22 bits per heavy atom. The number of ether oxygens (including phenoxy) is 1. The SMILES string of the molecule is CC(=O)N1CCC2(CC1)OC(=O)C(C)=C2C(=O)NC1CCCC1. The van der Waals surface area contributed by atoms with Gasteiger partial charge in [0.05, 0.1) is 5.57 Å². The topological polar surface area (TPSA) is 75.7 Å². The van der Waals surface area contributed by atoms with Gasteiger partial charge in [-0.2, -0.15) is 0 Å². The maximum absolute atomic E-state index is 12.8. The zero-order valence-electron chi connectivity index (χ0n) is 13.8. The summed E-state index contributed by atoms with van der Waals surface area (Å²) in [5.41, 5.74) is 0.0462. The number of nitrogens with zero attached hydrogens (tertiary/aromatic N) is 1. The molecule has 23 heavy (non-hydrogen) atoms. The Morgan fingerprint density at radius 3 is 2.39 bits per heavy atom. The van der Waals surface area contributed by atoms with Crippen molar-refractivity contribution in [1.29, 1.82) is 0 Å². The van der Waals surface area contributed by atoms with E-state index in [2.05, 4.69) is 5.32 Å². The number of hydrogen-bond donors (Lipinski definition) is 1. The number of rotatable bonds is 2. The molecule has 6 heteroatoms. The monoisotopic (exact) mass is 320 g/mol.